The van der Waals surface area contributed by atoms with E-state index in [4.69, 9.17) is 11.6 Å². The monoisotopic (exact) mass is 283 g/mol. The first-order valence-corrected chi connectivity index (χ1v) is 7.20. The molecule has 1 atom stereocenters. The van der Waals surface area contributed by atoms with Gasteiger partial charge in [-0.15, -0.1) is 11.3 Å². The summed E-state index contributed by atoms with van der Waals surface area (Å²) in [6.45, 7) is 6.44. The van der Waals surface area contributed by atoms with Gasteiger partial charge >= 0.3 is 0 Å². The number of benzene rings is 1. The number of rotatable bonds is 4. The zero-order valence-electron chi connectivity index (χ0n) is 10.8. The number of aliphatic hydroxyl groups is 1. The van der Waals surface area contributed by atoms with E-state index in [0.717, 1.165) is 15.3 Å². The highest BCUT2D eigenvalue weighted by atomic mass is 35.5. The number of hydrogen-bond donors (Lipinski definition) is 2. The summed E-state index contributed by atoms with van der Waals surface area (Å²) in [5.74, 6) is 0. The Balaban J connectivity index is 2.20. The third kappa shape index (κ3) is 2.69. The van der Waals surface area contributed by atoms with Gasteiger partial charge in [0, 0.05) is 27.0 Å². The van der Waals surface area contributed by atoms with Gasteiger partial charge in [0.05, 0.1) is 11.1 Å². The lowest BCUT2D eigenvalue weighted by Crippen LogP contribution is -2.47. The van der Waals surface area contributed by atoms with Crippen molar-refractivity contribution in [3.8, 4) is 0 Å². The molecule has 2 N–H and O–H groups in total. The minimum atomic E-state index is -0.411. The van der Waals surface area contributed by atoms with Crippen molar-refractivity contribution in [2.75, 3.05) is 0 Å². The first-order valence-electron chi connectivity index (χ1n) is 6.01. The molecule has 0 amide bonds. The van der Waals surface area contributed by atoms with Crippen LogP contribution >= 0.6 is 22.9 Å². The number of hydrogen-bond acceptors (Lipinski definition) is 3. The Bertz CT molecular complexity index is 548. The van der Waals surface area contributed by atoms with Gasteiger partial charge in [-0.05, 0) is 26.8 Å². The lowest BCUT2D eigenvalue weighted by Gasteiger charge is -2.29. The third-order valence-corrected chi connectivity index (χ3v) is 5.07. The van der Waals surface area contributed by atoms with Gasteiger partial charge in [-0.2, -0.15) is 0 Å². The summed E-state index contributed by atoms with van der Waals surface area (Å²) >= 11 is 8.07. The Hall–Kier alpha value is -0.610. The van der Waals surface area contributed by atoms with Crippen LogP contribution in [0.3, 0.4) is 0 Å². The molecule has 2 rings (SSSR count). The van der Waals surface area contributed by atoms with Crippen molar-refractivity contribution in [2.45, 2.75) is 39.0 Å². The molecule has 1 heterocycles. The molecule has 1 aromatic heterocycles. The Labute approximate surface area is 117 Å². The Kier molecular flexibility index (Phi) is 3.97. The van der Waals surface area contributed by atoms with Gasteiger partial charge in [0.25, 0.3) is 0 Å². The fraction of sp³-hybridized carbons (Fsp3) is 0.429. The van der Waals surface area contributed by atoms with Crippen LogP contribution in [-0.4, -0.2) is 16.7 Å². The maximum absolute atomic E-state index is 9.68. The fourth-order valence-electron chi connectivity index (χ4n) is 1.63. The number of fused-ring (bicyclic) bond motifs is 1. The van der Waals surface area contributed by atoms with Crippen LogP contribution in [0.4, 0.5) is 0 Å². The molecular weight excluding hydrogens is 266 g/mol. The van der Waals surface area contributed by atoms with Crippen LogP contribution in [0.15, 0.2) is 24.3 Å². The lowest BCUT2D eigenvalue weighted by molar-refractivity contribution is 0.0958. The van der Waals surface area contributed by atoms with Crippen molar-refractivity contribution >= 4 is 33.0 Å². The van der Waals surface area contributed by atoms with Crippen molar-refractivity contribution < 1.29 is 5.11 Å². The van der Waals surface area contributed by atoms with Gasteiger partial charge in [0.1, 0.15) is 0 Å². The zero-order valence-corrected chi connectivity index (χ0v) is 12.4. The van der Waals surface area contributed by atoms with Gasteiger partial charge in [-0.25, -0.2) is 0 Å². The van der Waals surface area contributed by atoms with E-state index in [2.05, 4.69) is 11.4 Å². The van der Waals surface area contributed by atoms with Crippen molar-refractivity contribution in [3.63, 3.8) is 0 Å². The highest BCUT2D eigenvalue weighted by Crippen LogP contribution is 2.35. The van der Waals surface area contributed by atoms with Crippen molar-refractivity contribution in [3.05, 3.63) is 34.2 Å². The summed E-state index contributed by atoms with van der Waals surface area (Å²) in [5.41, 5.74) is -0.320. The van der Waals surface area contributed by atoms with E-state index < -0.39 is 6.10 Å². The van der Waals surface area contributed by atoms with Crippen LogP contribution in [0.5, 0.6) is 0 Å². The van der Waals surface area contributed by atoms with Crippen LogP contribution in [-0.2, 0) is 6.54 Å². The molecule has 98 valence electrons. The molecule has 1 aromatic carbocycles. The first kappa shape index (κ1) is 13.8. The van der Waals surface area contributed by atoms with E-state index >= 15 is 0 Å². The summed E-state index contributed by atoms with van der Waals surface area (Å²) in [5, 5.41) is 15.0. The van der Waals surface area contributed by atoms with Gasteiger partial charge in [-0.3, -0.25) is 0 Å². The van der Waals surface area contributed by atoms with Crippen molar-refractivity contribution in [2.24, 2.45) is 0 Å². The minimum absolute atomic E-state index is 0.320. The summed E-state index contributed by atoms with van der Waals surface area (Å²) in [6.07, 6.45) is -0.411. The molecule has 0 saturated heterocycles. The second-order valence-electron chi connectivity index (χ2n) is 5.09. The summed E-state index contributed by atoms with van der Waals surface area (Å²) < 4.78 is 1.20. The van der Waals surface area contributed by atoms with Gasteiger partial charge in [0.15, 0.2) is 0 Å². The molecule has 0 bridgehead atoms. The molecule has 1 unspecified atom stereocenters. The molecule has 18 heavy (non-hydrogen) atoms. The van der Waals surface area contributed by atoms with Gasteiger partial charge in [0.2, 0.25) is 0 Å². The van der Waals surface area contributed by atoms with Gasteiger partial charge in [-0.1, -0.05) is 29.8 Å². The van der Waals surface area contributed by atoms with E-state index in [0.29, 0.717) is 6.54 Å². The van der Waals surface area contributed by atoms with E-state index in [1.54, 1.807) is 18.3 Å². The first-order chi connectivity index (χ1) is 8.42. The van der Waals surface area contributed by atoms with E-state index in [-0.39, 0.29) is 5.54 Å². The average Bonchev–Trinajstić information content (AvgIpc) is 2.64. The molecule has 0 saturated carbocycles. The lowest BCUT2D eigenvalue weighted by atomic mass is 9.99. The van der Waals surface area contributed by atoms with Crippen LogP contribution in [0.1, 0.15) is 25.6 Å². The summed E-state index contributed by atoms with van der Waals surface area (Å²) in [6, 6.07) is 8.14. The molecule has 0 radical (unpaired) electrons. The van der Waals surface area contributed by atoms with Crippen molar-refractivity contribution in [1.82, 2.24) is 5.32 Å². The molecule has 0 aliphatic carbocycles. The second kappa shape index (κ2) is 5.17. The molecule has 0 spiro atoms. The maximum atomic E-state index is 9.68. The molecular formula is C14H18ClNOS. The molecule has 4 heteroatoms. The Morgan fingerprint density at radius 2 is 2.06 bits per heavy atom. The van der Waals surface area contributed by atoms with Crippen LogP contribution < -0.4 is 5.32 Å². The number of aliphatic hydroxyl groups excluding tert-OH is 1. The molecule has 0 fully saturated rings. The standard InChI is InChI=1S/C14H18ClNOS/c1-9(17)14(2,3)16-8-12-13(15)10-6-4-5-7-11(10)18-12/h4-7,9,16-17H,8H2,1-3H3. The minimum Gasteiger partial charge on any atom is -0.392 e. The predicted octanol–water partition coefficient (Wildman–Crippen LogP) is 3.80. The van der Waals surface area contributed by atoms with Crippen LogP contribution in [0.2, 0.25) is 5.02 Å². The summed E-state index contributed by atoms with van der Waals surface area (Å²) in [7, 11) is 0. The third-order valence-electron chi connectivity index (χ3n) is 3.35. The quantitative estimate of drug-likeness (QED) is 0.894. The highest BCUT2D eigenvalue weighted by Gasteiger charge is 2.23. The number of halogens is 1. The van der Waals surface area contributed by atoms with E-state index in [1.807, 2.05) is 32.0 Å². The normalized spacial score (nSPS) is 14.1. The maximum Gasteiger partial charge on any atom is 0.0688 e. The SMILES string of the molecule is CC(O)C(C)(C)NCc1sc2ccccc2c1Cl. The van der Waals surface area contributed by atoms with E-state index in [1.165, 1.54) is 4.70 Å². The topological polar surface area (TPSA) is 32.3 Å². The van der Waals surface area contributed by atoms with E-state index in [9.17, 15) is 5.11 Å². The van der Waals surface area contributed by atoms with Gasteiger partial charge < -0.3 is 10.4 Å². The molecule has 0 aliphatic heterocycles. The number of thiophene rings is 1. The van der Waals surface area contributed by atoms with Crippen LogP contribution in [0.25, 0.3) is 10.1 Å². The average molecular weight is 284 g/mol. The highest BCUT2D eigenvalue weighted by molar-refractivity contribution is 7.19. The largest absolute Gasteiger partial charge is 0.392 e. The smallest absolute Gasteiger partial charge is 0.0688 e. The summed E-state index contributed by atoms with van der Waals surface area (Å²) in [4.78, 5) is 1.12. The predicted molar refractivity (Wildman–Crippen MR) is 79.4 cm³/mol. The molecule has 2 aromatic rings. The molecule has 2 nitrogen and oxygen atoms in total. The second-order valence-corrected chi connectivity index (χ2v) is 6.60. The molecule has 0 aliphatic rings. The Morgan fingerprint density at radius 1 is 1.39 bits per heavy atom. The fourth-order valence-corrected chi connectivity index (χ4v) is 3.07. The van der Waals surface area contributed by atoms with Crippen LogP contribution in [0, 0.1) is 0 Å². The van der Waals surface area contributed by atoms with Crippen molar-refractivity contribution in [1.29, 1.82) is 0 Å². The Morgan fingerprint density at radius 3 is 2.67 bits per heavy atom. The number of nitrogens with one attached hydrogen (secondary N) is 1. The zero-order chi connectivity index (χ0) is 13.3.